The molecule has 2 heterocycles. The Hall–Kier alpha value is -2.56. The molecule has 5 heteroatoms. The van der Waals surface area contributed by atoms with Crippen LogP contribution in [0.3, 0.4) is 0 Å². The van der Waals surface area contributed by atoms with Crippen molar-refractivity contribution in [1.29, 1.82) is 0 Å². The molecule has 2 aromatic rings. The zero-order valence-corrected chi connectivity index (χ0v) is 15.6. The molecule has 1 aromatic carbocycles. The van der Waals surface area contributed by atoms with E-state index in [0.29, 0.717) is 11.6 Å². The summed E-state index contributed by atoms with van der Waals surface area (Å²) in [4.78, 5) is 18.9. The van der Waals surface area contributed by atoms with Crippen molar-refractivity contribution < 1.29 is 9.53 Å². The van der Waals surface area contributed by atoms with Crippen molar-refractivity contribution in [3.63, 3.8) is 0 Å². The Morgan fingerprint density at radius 1 is 1.27 bits per heavy atom. The monoisotopic (exact) mass is 353 g/mol. The average Bonchev–Trinajstić information content (AvgIpc) is 2.68. The number of aromatic nitrogens is 1. The number of nitrogens with one attached hydrogen (secondary N) is 1. The van der Waals surface area contributed by atoms with E-state index in [9.17, 15) is 4.79 Å². The molecule has 1 aromatic heterocycles. The number of rotatable bonds is 6. The van der Waals surface area contributed by atoms with Gasteiger partial charge in [-0.2, -0.15) is 0 Å². The number of anilines is 1. The zero-order chi connectivity index (χ0) is 18.4. The third kappa shape index (κ3) is 4.54. The summed E-state index contributed by atoms with van der Waals surface area (Å²) in [6.07, 6.45) is 4.69. The van der Waals surface area contributed by atoms with Crippen LogP contribution < -0.4 is 10.1 Å². The number of benzene rings is 1. The van der Waals surface area contributed by atoms with E-state index in [1.165, 1.54) is 0 Å². The highest BCUT2D eigenvalue weighted by Gasteiger charge is 2.22. The first kappa shape index (κ1) is 18.2. The van der Waals surface area contributed by atoms with Gasteiger partial charge in [0.25, 0.3) is 5.91 Å². The summed E-state index contributed by atoms with van der Waals surface area (Å²) >= 11 is 0. The third-order valence-corrected chi connectivity index (χ3v) is 4.97. The Kier molecular flexibility index (Phi) is 6.10. The minimum atomic E-state index is 0.0327. The molecule has 0 radical (unpaired) electrons. The van der Waals surface area contributed by atoms with Crippen molar-refractivity contribution in [2.24, 2.45) is 5.92 Å². The summed E-state index contributed by atoms with van der Waals surface area (Å²) in [6, 6.07) is 11.8. The number of piperidine rings is 1. The maximum atomic E-state index is 12.7. The Labute approximate surface area is 155 Å². The number of nitrogens with zero attached hydrogens (tertiary/aromatic N) is 2. The first-order chi connectivity index (χ1) is 12.7. The molecule has 1 amide bonds. The van der Waals surface area contributed by atoms with Gasteiger partial charge in [-0.25, -0.2) is 0 Å². The summed E-state index contributed by atoms with van der Waals surface area (Å²) in [5, 5.41) is 3.38. The van der Waals surface area contributed by atoms with Crippen LogP contribution in [0.1, 0.15) is 35.8 Å². The van der Waals surface area contributed by atoms with Gasteiger partial charge in [0, 0.05) is 31.5 Å². The standard InChI is InChI=1S/C21H27N3O2/c1-16-9-13-24(14-10-16)21(25)19-15-18(8-12-23-19)22-11-7-17-5-3-4-6-20(17)26-2/h3-6,8,12,15-16H,7,9-11,13-14H2,1-2H3,(H,22,23). The second-order valence-corrected chi connectivity index (χ2v) is 6.89. The number of likely N-dealkylation sites (tertiary alicyclic amines) is 1. The van der Waals surface area contributed by atoms with Crippen molar-refractivity contribution in [1.82, 2.24) is 9.88 Å². The second kappa shape index (κ2) is 8.70. The Morgan fingerprint density at radius 3 is 2.81 bits per heavy atom. The van der Waals surface area contributed by atoms with E-state index in [-0.39, 0.29) is 5.91 Å². The smallest absolute Gasteiger partial charge is 0.272 e. The first-order valence-electron chi connectivity index (χ1n) is 9.28. The van der Waals surface area contributed by atoms with Crippen LogP contribution in [0.4, 0.5) is 5.69 Å². The number of para-hydroxylation sites is 1. The van der Waals surface area contributed by atoms with Gasteiger partial charge in [0.1, 0.15) is 11.4 Å². The highest BCUT2D eigenvalue weighted by molar-refractivity contribution is 5.93. The summed E-state index contributed by atoms with van der Waals surface area (Å²) in [5.74, 6) is 1.64. The molecule has 5 nitrogen and oxygen atoms in total. The summed E-state index contributed by atoms with van der Waals surface area (Å²) < 4.78 is 5.39. The van der Waals surface area contributed by atoms with E-state index < -0.39 is 0 Å². The summed E-state index contributed by atoms with van der Waals surface area (Å²) in [7, 11) is 1.69. The molecule has 1 aliphatic rings. The molecule has 26 heavy (non-hydrogen) atoms. The molecular weight excluding hydrogens is 326 g/mol. The fraction of sp³-hybridized carbons (Fsp3) is 0.429. The van der Waals surface area contributed by atoms with Gasteiger partial charge >= 0.3 is 0 Å². The first-order valence-corrected chi connectivity index (χ1v) is 9.28. The minimum absolute atomic E-state index is 0.0327. The van der Waals surface area contributed by atoms with Crippen molar-refractivity contribution in [2.75, 3.05) is 32.1 Å². The van der Waals surface area contributed by atoms with Crippen LogP contribution in [-0.4, -0.2) is 42.5 Å². The minimum Gasteiger partial charge on any atom is -0.496 e. The third-order valence-electron chi connectivity index (χ3n) is 4.97. The maximum absolute atomic E-state index is 12.7. The van der Waals surface area contributed by atoms with Crippen LogP contribution >= 0.6 is 0 Å². The lowest BCUT2D eigenvalue weighted by Gasteiger charge is -2.30. The van der Waals surface area contributed by atoms with Gasteiger partial charge in [-0.3, -0.25) is 9.78 Å². The van der Waals surface area contributed by atoms with Gasteiger partial charge in [-0.05, 0) is 48.9 Å². The summed E-state index contributed by atoms with van der Waals surface area (Å²) in [6.45, 7) is 4.66. The number of pyridine rings is 1. The molecule has 1 fully saturated rings. The number of amides is 1. The molecule has 0 bridgehead atoms. The highest BCUT2D eigenvalue weighted by atomic mass is 16.5. The number of carbonyl (C=O) groups is 1. The van der Waals surface area contributed by atoms with Crippen LogP contribution in [0.25, 0.3) is 0 Å². The van der Waals surface area contributed by atoms with Gasteiger partial charge in [0.05, 0.1) is 7.11 Å². The SMILES string of the molecule is COc1ccccc1CCNc1ccnc(C(=O)N2CCC(C)CC2)c1. The number of hydrogen-bond donors (Lipinski definition) is 1. The van der Waals surface area contributed by atoms with Crippen LogP contribution in [0, 0.1) is 5.92 Å². The molecule has 0 atom stereocenters. The van der Waals surface area contributed by atoms with E-state index in [2.05, 4.69) is 23.3 Å². The predicted molar refractivity (Wildman–Crippen MR) is 104 cm³/mol. The van der Waals surface area contributed by atoms with Gasteiger partial charge in [0.15, 0.2) is 0 Å². The normalized spacial score (nSPS) is 14.9. The Morgan fingerprint density at radius 2 is 2.04 bits per heavy atom. The lowest BCUT2D eigenvalue weighted by atomic mass is 9.99. The van der Waals surface area contributed by atoms with Gasteiger partial charge in [-0.15, -0.1) is 0 Å². The quantitative estimate of drug-likeness (QED) is 0.862. The molecular formula is C21H27N3O2. The number of methoxy groups -OCH3 is 1. The predicted octanol–water partition coefficient (Wildman–Crippen LogP) is 3.62. The van der Waals surface area contributed by atoms with E-state index in [1.807, 2.05) is 35.2 Å². The Balaban J connectivity index is 1.58. The molecule has 138 valence electrons. The van der Waals surface area contributed by atoms with Crippen molar-refractivity contribution in [2.45, 2.75) is 26.2 Å². The number of carbonyl (C=O) groups excluding carboxylic acids is 1. The maximum Gasteiger partial charge on any atom is 0.272 e. The lowest BCUT2D eigenvalue weighted by Crippen LogP contribution is -2.38. The topological polar surface area (TPSA) is 54.5 Å². The van der Waals surface area contributed by atoms with Crippen molar-refractivity contribution >= 4 is 11.6 Å². The van der Waals surface area contributed by atoms with Crippen LogP contribution in [0.2, 0.25) is 0 Å². The van der Waals surface area contributed by atoms with E-state index in [0.717, 1.165) is 55.9 Å². The molecule has 0 aliphatic carbocycles. The average molecular weight is 353 g/mol. The second-order valence-electron chi connectivity index (χ2n) is 6.89. The van der Waals surface area contributed by atoms with E-state index in [4.69, 9.17) is 4.74 Å². The molecule has 1 aliphatic heterocycles. The van der Waals surface area contributed by atoms with Gasteiger partial charge in [0.2, 0.25) is 0 Å². The largest absolute Gasteiger partial charge is 0.496 e. The zero-order valence-electron chi connectivity index (χ0n) is 15.6. The number of ether oxygens (including phenoxy) is 1. The molecule has 1 N–H and O–H groups in total. The summed E-state index contributed by atoms with van der Waals surface area (Å²) in [5.41, 5.74) is 2.60. The fourth-order valence-electron chi connectivity index (χ4n) is 3.28. The fourth-order valence-corrected chi connectivity index (χ4v) is 3.28. The molecule has 3 rings (SSSR count). The van der Waals surface area contributed by atoms with Crippen LogP contribution in [0.5, 0.6) is 5.75 Å². The van der Waals surface area contributed by atoms with Gasteiger partial charge < -0.3 is 15.0 Å². The van der Waals surface area contributed by atoms with Gasteiger partial charge in [-0.1, -0.05) is 25.1 Å². The van der Waals surface area contributed by atoms with Crippen molar-refractivity contribution in [3.05, 3.63) is 53.9 Å². The molecule has 0 saturated carbocycles. The molecule has 0 spiro atoms. The van der Waals surface area contributed by atoms with E-state index >= 15 is 0 Å². The molecule has 1 saturated heterocycles. The van der Waals surface area contributed by atoms with E-state index in [1.54, 1.807) is 13.3 Å². The van der Waals surface area contributed by atoms with Crippen LogP contribution in [-0.2, 0) is 6.42 Å². The highest BCUT2D eigenvalue weighted by Crippen LogP contribution is 2.20. The number of hydrogen-bond acceptors (Lipinski definition) is 4. The Bertz CT molecular complexity index is 740. The van der Waals surface area contributed by atoms with Crippen molar-refractivity contribution in [3.8, 4) is 5.75 Å². The van der Waals surface area contributed by atoms with Crippen LogP contribution in [0.15, 0.2) is 42.6 Å². The lowest BCUT2D eigenvalue weighted by molar-refractivity contribution is 0.0691. The molecule has 0 unspecified atom stereocenters.